The summed E-state index contributed by atoms with van der Waals surface area (Å²) in [5.74, 6) is -0.339. The minimum atomic E-state index is -3.59. The minimum Gasteiger partial charge on any atom is -0.348 e. The van der Waals surface area contributed by atoms with Crippen LogP contribution in [0.5, 0.6) is 0 Å². The van der Waals surface area contributed by atoms with Crippen LogP contribution in [0.25, 0.3) is 0 Å². The number of rotatable bonds is 7. The molecule has 0 saturated carbocycles. The molecule has 0 unspecified atom stereocenters. The van der Waals surface area contributed by atoms with Crippen molar-refractivity contribution in [2.45, 2.75) is 13.1 Å². The summed E-state index contributed by atoms with van der Waals surface area (Å²) in [4.78, 5) is 16.7. The summed E-state index contributed by atoms with van der Waals surface area (Å²) in [6.07, 6.45) is 4.45. The number of hydrogen-bond acceptors (Lipinski definition) is 4. The zero-order chi connectivity index (χ0) is 20.0. The molecule has 6 nitrogen and oxygen atoms in total. The Hall–Kier alpha value is -3.19. The van der Waals surface area contributed by atoms with E-state index in [2.05, 4.69) is 10.3 Å². The molecule has 0 aliphatic carbocycles. The van der Waals surface area contributed by atoms with Crippen LogP contribution in [-0.4, -0.2) is 25.6 Å². The van der Waals surface area contributed by atoms with E-state index in [0.717, 1.165) is 17.4 Å². The summed E-state index contributed by atoms with van der Waals surface area (Å²) in [5.41, 5.74) is 2.39. The van der Waals surface area contributed by atoms with Gasteiger partial charge in [-0.3, -0.25) is 14.1 Å². The van der Waals surface area contributed by atoms with Gasteiger partial charge in [-0.25, -0.2) is 8.42 Å². The molecule has 2 aromatic carbocycles. The number of nitrogens with zero attached hydrogens (tertiary/aromatic N) is 2. The van der Waals surface area contributed by atoms with E-state index in [0.29, 0.717) is 17.8 Å². The first-order valence-electron chi connectivity index (χ1n) is 8.73. The first kappa shape index (κ1) is 19.6. The van der Waals surface area contributed by atoms with E-state index in [1.807, 2.05) is 42.5 Å². The number of para-hydroxylation sites is 1. The van der Waals surface area contributed by atoms with Crippen molar-refractivity contribution < 1.29 is 13.2 Å². The van der Waals surface area contributed by atoms with Crippen molar-refractivity contribution in [3.05, 3.63) is 95.8 Å². The van der Waals surface area contributed by atoms with Crippen molar-refractivity contribution in [3.63, 3.8) is 0 Å². The highest BCUT2D eigenvalue weighted by Gasteiger charge is 2.23. The number of pyridine rings is 1. The van der Waals surface area contributed by atoms with Crippen LogP contribution in [0.1, 0.15) is 21.5 Å². The second kappa shape index (κ2) is 8.67. The van der Waals surface area contributed by atoms with Crippen LogP contribution in [0.2, 0.25) is 0 Å². The summed E-state index contributed by atoms with van der Waals surface area (Å²) >= 11 is 0. The van der Waals surface area contributed by atoms with Gasteiger partial charge in [-0.15, -0.1) is 0 Å². The molecule has 0 atom stereocenters. The number of aromatic nitrogens is 1. The fourth-order valence-corrected chi connectivity index (χ4v) is 3.69. The maximum absolute atomic E-state index is 12.8. The summed E-state index contributed by atoms with van der Waals surface area (Å²) in [5, 5.41) is 2.84. The lowest BCUT2D eigenvalue weighted by atomic mass is 10.1. The molecule has 144 valence electrons. The van der Waals surface area contributed by atoms with E-state index in [1.54, 1.807) is 36.7 Å². The smallest absolute Gasteiger partial charge is 0.253 e. The third-order valence-corrected chi connectivity index (χ3v) is 5.32. The van der Waals surface area contributed by atoms with Gasteiger partial charge in [0.05, 0.1) is 24.1 Å². The van der Waals surface area contributed by atoms with E-state index in [1.165, 1.54) is 4.31 Å². The van der Waals surface area contributed by atoms with E-state index < -0.39 is 10.0 Å². The van der Waals surface area contributed by atoms with Gasteiger partial charge >= 0.3 is 0 Å². The topological polar surface area (TPSA) is 79.4 Å². The average molecular weight is 395 g/mol. The largest absolute Gasteiger partial charge is 0.348 e. The molecule has 1 aromatic heterocycles. The van der Waals surface area contributed by atoms with Crippen LogP contribution in [0.15, 0.2) is 79.1 Å². The molecule has 0 spiro atoms. The highest BCUT2D eigenvalue weighted by Crippen LogP contribution is 2.25. The molecule has 0 radical (unpaired) electrons. The second-order valence-corrected chi connectivity index (χ2v) is 8.22. The predicted octanol–water partition coefficient (Wildman–Crippen LogP) is 2.98. The summed E-state index contributed by atoms with van der Waals surface area (Å²) in [7, 11) is -3.59. The van der Waals surface area contributed by atoms with Gasteiger partial charge in [-0.1, -0.05) is 42.5 Å². The molecule has 0 bridgehead atoms. The lowest BCUT2D eigenvalue weighted by molar-refractivity contribution is 0.0951. The number of anilines is 1. The zero-order valence-electron chi connectivity index (χ0n) is 15.4. The summed E-state index contributed by atoms with van der Waals surface area (Å²) in [6, 6.07) is 19.6. The SMILES string of the molecule is CS(=O)(=O)N(Cc1ccccc1)c1ccccc1C(=O)NCc1ccncc1. The second-order valence-electron chi connectivity index (χ2n) is 6.31. The lowest BCUT2D eigenvalue weighted by Gasteiger charge is -2.24. The Balaban J connectivity index is 1.88. The molecular weight excluding hydrogens is 374 g/mol. The summed E-state index contributed by atoms with van der Waals surface area (Å²) < 4.78 is 26.2. The fraction of sp³-hybridized carbons (Fsp3) is 0.143. The van der Waals surface area contributed by atoms with E-state index in [4.69, 9.17) is 0 Å². The Morgan fingerprint density at radius 1 is 0.929 bits per heavy atom. The fourth-order valence-electron chi connectivity index (χ4n) is 2.79. The van der Waals surface area contributed by atoms with Gasteiger partial charge in [0.15, 0.2) is 0 Å². The molecule has 0 aliphatic heterocycles. The molecule has 28 heavy (non-hydrogen) atoms. The molecule has 0 aliphatic rings. The third-order valence-electron chi connectivity index (χ3n) is 4.19. The van der Waals surface area contributed by atoms with Crippen molar-refractivity contribution in [2.24, 2.45) is 0 Å². The van der Waals surface area contributed by atoms with Crippen LogP contribution in [0, 0.1) is 0 Å². The number of sulfonamides is 1. The third kappa shape index (κ3) is 4.95. The predicted molar refractivity (Wildman–Crippen MR) is 109 cm³/mol. The summed E-state index contributed by atoms with van der Waals surface area (Å²) in [6.45, 7) is 0.474. The number of benzene rings is 2. The average Bonchev–Trinajstić information content (AvgIpc) is 2.71. The Morgan fingerprint density at radius 3 is 2.25 bits per heavy atom. The molecule has 0 fully saturated rings. The Morgan fingerprint density at radius 2 is 1.57 bits per heavy atom. The maximum Gasteiger partial charge on any atom is 0.253 e. The Labute approximate surface area is 164 Å². The monoisotopic (exact) mass is 395 g/mol. The van der Waals surface area contributed by atoms with Gasteiger partial charge in [0.25, 0.3) is 5.91 Å². The maximum atomic E-state index is 12.8. The standard InChI is InChI=1S/C21H21N3O3S/c1-28(26,27)24(16-18-7-3-2-4-8-18)20-10-6-5-9-19(20)21(25)23-15-17-11-13-22-14-12-17/h2-14H,15-16H2,1H3,(H,23,25). The van der Waals surface area contributed by atoms with Crippen LogP contribution < -0.4 is 9.62 Å². The number of nitrogens with one attached hydrogen (secondary N) is 1. The van der Waals surface area contributed by atoms with Crippen molar-refractivity contribution in [3.8, 4) is 0 Å². The van der Waals surface area contributed by atoms with Gasteiger partial charge in [0.1, 0.15) is 0 Å². The van der Waals surface area contributed by atoms with Crippen LogP contribution in [0.4, 0.5) is 5.69 Å². The van der Waals surface area contributed by atoms with Crippen LogP contribution in [-0.2, 0) is 23.1 Å². The van der Waals surface area contributed by atoms with Gasteiger partial charge < -0.3 is 5.32 Å². The molecule has 0 saturated heterocycles. The first-order chi connectivity index (χ1) is 13.4. The van der Waals surface area contributed by atoms with Crippen molar-refractivity contribution >= 4 is 21.6 Å². The molecule has 3 aromatic rings. The number of hydrogen-bond donors (Lipinski definition) is 1. The van der Waals surface area contributed by atoms with Crippen LogP contribution in [0.3, 0.4) is 0 Å². The van der Waals surface area contributed by atoms with Gasteiger partial charge in [-0.2, -0.15) is 0 Å². The van der Waals surface area contributed by atoms with Crippen molar-refractivity contribution in [1.82, 2.24) is 10.3 Å². The molecule has 3 rings (SSSR count). The zero-order valence-corrected chi connectivity index (χ0v) is 16.3. The van der Waals surface area contributed by atoms with Crippen molar-refractivity contribution in [1.29, 1.82) is 0 Å². The number of carbonyl (C=O) groups excluding carboxylic acids is 1. The molecule has 7 heteroatoms. The van der Waals surface area contributed by atoms with Gasteiger partial charge in [0, 0.05) is 18.9 Å². The Bertz CT molecular complexity index is 1040. The van der Waals surface area contributed by atoms with Gasteiger partial charge in [0.2, 0.25) is 10.0 Å². The molecule has 1 amide bonds. The number of carbonyl (C=O) groups is 1. The minimum absolute atomic E-state index is 0.147. The van der Waals surface area contributed by atoms with Crippen LogP contribution >= 0.6 is 0 Å². The normalized spacial score (nSPS) is 11.0. The van der Waals surface area contributed by atoms with E-state index >= 15 is 0 Å². The van der Waals surface area contributed by atoms with E-state index in [9.17, 15) is 13.2 Å². The molecular formula is C21H21N3O3S. The van der Waals surface area contributed by atoms with Gasteiger partial charge in [-0.05, 0) is 35.4 Å². The first-order valence-corrected chi connectivity index (χ1v) is 10.6. The quantitative estimate of drug-likeness (QED) is 0.667. The highest BCUT2D eigenvalue weighted by molar-refractivity contribution is 7.92. The van der Waals surface area contributed by atoms with E-state index in [-0.39, 0.29) is 12.5 Å². The molecule has 1 N–H and O–H groups in total. The number of amides is 1. The Kier molecular flexibility index (Phi) is 6.06. The van der Waals surface area contributed by atoms with Crippen molar-refractivity contribution in [2.75, 3.05) is 10.6 Å². The lowest BCUT2D eigenvalue weighted by Crippen LogP contribution is -2.32. The highest BCUT2D eigenvalue weighted by atomic mass is 32.2. The molecule has 1 heterocycles.